The van der Waals surface area contributed by atoms with Gasteiger partial charge >= 0.3 is 6.03 Å². The zero-order chi connectivity index (χ0) is 20.7. The van der Waals surface area contributed by atoms with Crippen molar-refractivity contribution < 1.29 is 9.90 Å². The molecule has 3 aliphatic rings. The molecule has 3 atom stereocenters. The highest BCUT2D eigenvalue weighted by Crippen LogP contribution is 2.49. The molecule has 1 aliphatic carbocycles. The second-order valence-corrected chi connectivity index (χ2v) is 9.02. The molecule has 2 heterocycles. The number of nitrogens with zero attached hydrogens (tertiary/aromatic N) is 2. The lowest BCUT2D eigenvalue weighted by Gasteiger charge is -2.44. The number of carbonyl (C=O) groups is 1. The topological polar surface area (TPSA) is 55.8 Å². The van der Waals surface area contributed by atoms with Gasteiger partial charge in [0.05, 0.1) is 18.7 Å². The molecular formula is C25H31N3O2. The van der Waals surface area contributed by atoms with E-state index in [1.165, 1.54) is 29.5 Å². The Hall–Kier alpha value is -2.53. The zero-order valence-corrected chi connectivity index (χ0v) is 17.6. The van der Waals surface area contributed by atoms with Gasteiger partial charge in [0.1, 0.15) is 0 Å². The Balaban J connectivity index is 1.52. The molecule has 2 amide bonds. The molecule has 2 aliphatic heterocycles. The molecular weight excluding hydrogens is 374 g/mol. The third kappa shape index (κ3) is 3.25. The van der Waals surface area contributed by atoms with Gasteiger partial charge in [-0.25, -0.2) is 4.79 Å². The highest BCUT2D eigenvalue weighted by atomic mass is 16.3. The summed E-state index contributed by atoms with van der Waals surface area (Å²) >= 11 is 0. The van der Waals surface area contributed by atoms with Crippen LogP contribution in [-0.4, -0.2) is 48.3 Å². The second kappa shape index (κ2) is 7.95. The van der Waals surface area contributed by atoms with Crippen molar-refractivity contribution in [3.8, 4) is 11.1 Å². The maximum atomic E-state index is 13.2. The van der Waals surface area contributed by atoms with Crippen LogP contribution in [0.25, 0.3) is 11.1 Å². The minimum atomic E-state index is 0.0124. The predicted octanol–water partition coefficient (Wildman–Crippen LogP) is 4.18. The van der Waals surface area contributed by atoms with Gasteiger partial charge in [0.15, 0.2) is 0 Å². The fraction of sp³-hybridized carbons (Fsp3) is 0.480. The van der Waals surface area contributed by atoms with Crippen LogP contribution in [0.2, 0.25) is 0 Å². The molecule has 30 heavy (non-hydrogen) atoms. The van der Waals surface area contributed by atoms with Gasteiger partial charge in [0.2, 0.25) is 0 Å². The highest BCUT2D eigenvalue weighted by molar-refractivity contribution is 5.78. The number of aliphatic hydroxyl groups is 1. The maximum absolute atomic E-state index is 13.2. The number of fused-ring (bicyclic) bond motifs is 3. The number of nitrogens with one attached hydrogen (secondary N) is 1. The van der Waals surface area contributed by atoms with E-state index in [9.17, 15) is 9.90 Å². The third-order valence-corrected chi connectivity index (χ3v) is 7.40. The Morgan fingerprint density at radius 2 is 1.83 bits per heavy atom. The van der Waals surface area contributed by atoms with Crippen molar-refractivity contribution in [1.29, 1.82) is 0 Å². The number of aliphatic hydroxyl groups excluding tert-OH is 1. The van der Waals surface area contributed by atoms with Crippen molar-refractivity contribution in [2.45, 2.75) is 50.2 Å². The van der Waals surface area contributed by atoms with E-state index in [2.05, 4.69) is 59.7 Å². The lowest BCUT2D eigenvalue weighted by Crippen LogP contribution is -2.50. The van der Waals surface area contributed by atoms with Crippen LogP contribution in [0.4, 0.5) is 10.5 Å². The van der Waals surface area contributed by atoms with Crippen LogP contribution in [0.5, 0.6) is 0 Å². The van der Waals surface area contributed by atoms with Gasteiger partial charge < -0.3 is 20.2 Å². The highest BCUT2D eigenvalue weighted by Gasteiger charge is 2.47. The van der Waals surface area contributed by atoms with Gasteiger partial charge in [-0.15, -0.1) is 0 Å². The minimum Gasteiger partial charge on any atom is -0.394 e. The number of urea groups is 1. The quantitative estimate of drug-likeness (QED) is 0.805. The largest absolute Gasteiger partial charge is 0.394 e. The van der Waals surface area contributed by atoms with Gasteiger partial charge in [-0.2, -0.15) is 0 Å². The number of carbonyl (C=O) groups excluding carboxylic acids is 1. The van der Waals surface area contributed by atoms with E-state index in [1.807, 2.05) is 11.0 Å². The van der Waals surface area contributed by atoms with E-state index in [0.29, 0.717) is 6.04 Å². The summed E-state index contributed by atoms with van der Waals surface area (Å²) in [6.07, 6.45) is 5.51. The summed E-state index contributed by atoms with van der Waals surface area (Å²) in [5.41, 5.74) is 4.68. The molecule has 0 unspecified atom stereocenters. The molecule has 2 aromatic rings. The summed E-state index contributed by atoms with van der Waals surface area (Å²) < 4.78 is 0. The Labute approximate surface area is 178 Å². The Morgan fingerprint density at radius 3 is 2.57 bits per heavy atom. The molecule has 5 heteroatoms. The van der Waals surface area contributed by atoms with Gasteiger partial charge in [-0.05, 0) is 48.1 Å². The molecule has 5 nitrogen and oxygen atoms in total. The molecule has 2 N–H and O–H groups in total. The maximum Gasteiger partial charge on any atom is 0.318 e. The molecule has 0 radical (unpaired) electrons. The van der Waals surface area contributed by atoms with E-state index in [1.54, 1.807) is 0 Å². The number of anilines is 1. The minimum absolute atomic E-state index is 0.0124. The van der Waals surface area contributed by atoms with Crippen molar-refractivity contribution in [1.82, 2.24) is 10.2 Å². The fourth-order valence-corrected chi connectivity index (χ4v) is 5.82. The first-order chi connectivity index (χ1) is 14.7. The van der Waals surface area contributed by atoms with Gasteiger partial charge in [-0.3, -0.25) is 0 Å². The number of likely N-dealkylation sites (tertiary alicyclic amines) is 1. The van der Waals surface area contributed by atoms with Crippen LogP contribution in [-0.2, 0) is 0 Å². The predicted molar refractivity (Wildman–Crippen MR) is 119 cm³/mol. The first kappa shape index (κ1) is 19.4. The molecule has 0 spiro atoms. The van der Waals surface area contributed by atoms with E-state index < -0.39 is 0 Å². The van der Waals surface area contributed by atoms with Gasteiger partial charge in [0.25, 0.3) is 0 Å². The molecule has 0 bridgehead atoms. The number of amides is 2. The monoisotopic (exact) mass is 405 g/mol. The van der Waals surface area contributed by atoms with Crippen LogP contribution >= 0.6 is 0 Å². The number of hydrogen-bond donors (Lipinski definition) is 2. The zero-order valence-electron chi connectivity index (χ0n) is 17.6. The standard InChI is InChI=1S/C25H31N3O2/c1-27-22-12-11-18(17-7-3-2-4-8-17)15-21(22)24-20(23(27)16-29)13-14-28(24)25(30)26-19-9-5-6-10-19/h2-4,7-8,11-12,15,19-20,23-24,29H,5-6,9-10,13-14,16H2,1H3,(H,26,30)/t20-,23-,24-/m0/s1. The van der Waals surface area contributed by atoms with E-state index in [-0.39, 0.29) is 30.6 Å². The van der Waals surface area contributed by atoms with Crippen molar-refractivity contribution >= 4 is 11.7 Å². The molecule has 5 rings (SSSR count). The SMILES string of the molecule is CN1c2ccc(-c3ccccc3)cc2[C@@H]2[C@@H](CCN2C(=O)NC2CCCC2)[C@@H]1CO. The summed E-state index contributed by atoms with van der Waals surface area (Å²) in [5.74, 6) is 0.243. The lowest BCUT2D eigenvalue weighted by atomic mass is 9.81. The lowest BCUT2D eigenvalue weighted by molar-refractivity contribution is 0.158. The first-order valence-corrected chi connectivity index (χ1v) is 11.3. The average Bonchev–Trinajstić information content (AvgIpc) is 3.44. The summed E-state index contributed by atoms with van der Waals surface area (Å²) in [5, 5.41) is 13.4. The van der Waals surface area contributed by atoms with Crippen LogP contribution in [0.15, 0.2) is 48.5 Å². The van der Waals surface area contributed by atoms with Crippen LogP contribution in [0, 0.1) is 5.92 Å². The molecule has 0 aromatic heterocycles. The summed E-state index contributed by atoms with van der Waals surface area (Å²) in [4.78, 5) is 17.5. The molecule has 2 fully saturated rings. The molecule has 158 valence electrons. The Kier molecular flexibility index (Phi) is 5.15. The van der Waals surface area contributed by atoms with Crippen LogP contribution in [0.1, 0.15) is 43.7 Å². The normalized spacial score (nSPS) is 25.9. The van der Waals surface area contributed by atoms with Crippen molar-refractivity contribution in [2.75, 3.05) is 25.1 Å². The second-order valence-electron chi connectivity index (χ2n) is 9.02. The van der Waals surface area contributed by atoms with Crippen LogP contribution < -0.4 is 10.2 Å². The number of rotatable bonds is 3. The van der Waals surface area contributed by atoms with E-state index in [4.69, 9.17) is 0 Å². The summed E-state index contributed by atoms with van der Waals surface area (Å²) in [6.45, 7) is 0.850. The number of likely N-dealkylation sites (N-methyl/N-ethyl adjacent to an activating group) is 1. The van der Waals surface area contributed by atoms with Crippen LogP contribution in [0.3, 0.4) is 0 Å². The summed E-state index contributed by atoms with van der Waals surface area (Å²) in [7, 11) is 2.07. The first-order valence-electron chi connectivity index (χ1n) is 11.3. The van der Waals surface area contributed by atoms with Crippen molar-refractivity contribution in [3.05, 3.63) is 54.1 Å². The Bertz CT molecular complexity index is 910. The third-order valence-electron chi connectivity index (χ3n) is 7.40. The molecule has 1 saturated carbocycles. The van der Waals surface area contributed by atoms with Crippen molar-refractivity contribution in [3.63, 3.8) is 0 Å². The van der Waals surface area contributed by atoms with Crippen molar-refractivity contribution in [2.24, 2.45) is 5.92 Å². The van der Waals surface area contributed by atoms with E-state index in [0.717, 1.165) is 31.5 Å². The number of hydrogen-bond acceptors (Lipinski definition) is 3. The Morgan fingerprint density at radius 1 is 1.07 bits per heavy atom. The molecule has 2 aromatic carbocycles. The van der Waals surface area contributed by atoms with Gasteiger partial charge in [0, 0.05) is 31.2 Å². The fourth-order valence-electron chi connectivity index (χ4n) is 5.82. The van der Waals surface area contributed by atoms with Gasteiger partial charge in [-0.1, -0.05) is 49.2 Å². The number of benzene rings is 2. The summed E-state index contributed by atoms with van der Waals surface area (Å²) in [6, 6.07) is 17.4. The smallest absolute Gasteiger partial charge is 0.318 e. The van der Waals surface area contributed by atoms with E-state index >= 15 is 0 Å². The molecule has 1 saturated heterocycles. The average molecular weight is 406 g/mol.